The average molecular weight is 415 g/mol. The van der Waals surface area contributed by atoms with Gasteiger partial charge in [0, 0.05) is 36.5 Å². The molecule has 1 spiro atoms. The highest BCUT2D eigenvalue weighted by Crippen LogP contribution is 2.44. The number of carbonyl (C=O) groups excluding carboxylic acids is 2. The molecule has 0 atom stereocenters. The Balaban J connectivity index is 1.45. The summed E-state index contributed by atoms with van der Waals surface area (Å²) in [7, 11) is 1.59. The molecule has 2 aromatic carbocycles. The number of ether oxygens (including phenoxy) is 1. The number of likely N-dealkylation sites (tertiary alicyclic amines) is 1. The van der Waals surface area contributed by atoms with E-state index in [0.29, 0.717) is 49.4 Å². The largest absolute Gasteiger partial charge is 0.497 e. The van der Waals surface area contributed by atoms with Gasteiger partial charge in [0.2, 0.25) is 0 Å². The molecule has 2 saturated heterocycles. The number of rotatable bonds is 3. The first-order valence-electron chi connectivity index (χ1n) is 9.67. The van der Waals surface area contributed by atoms with E-state index < -0.39 is 5.82 Å². The van der Waals surface area contributed by atoms with E-state index in [1.165, 1.54) is 12.1 Å². The molecule has 5 nitrogen and oxygen atoms in total. The fourth-order valence-corrected chi connectivity index (χ4v) is 5.52. The van der Waals surface area contributed by atoms with Gasteiger partial charge in [-0.15, -0.1) is 11.8 Å². The monoisotopic (exact) mass is 414 g/mol. The Morgan fingerprint density at radius 2 is 1.72 bits per heavy atom. The van der Waals surface area contributed by atoms with E-state index >= 15 is 0 Å². The number of benzene rings is 2. The van der Waals surface area contributed by atoms with Crippen LogP contribution in [0.5, 0.6) is 5.75 Å². The highest BCUT2D eigenvalue weighted by molar-refractivity contribution is 8.00. The lowest BCUT2D eigenvalue weighted by molar-refractivity contribution is 0.0497. The normalized spacial score (nSPS) is 18.1. The first kappa shape index (κ1) is 19.8. The van der Waals surface area contributed by atoms with Gasteiger partial charge in [-0.25, -0.2) is 4.39 Å². The zero-order chi connectivity index (χ0) is 20.4. The fraction of sp³-hybridized carbons (Fsp3) is 0.364. The summed E-state index contributed by atoms with van der Waals surface area (Å²) < 4.78 is 18.7. The number of nitrogens with zero attached hydrogens (tertiary/aromatic N) is 2. The lowest BCUT2D eigenvalue weighted by Crippen LogP contribution is -2.53. The van der Waals surface area contributed by atoms with Gasteiger partial charge in [-0.2, -0.15) is 0 Å². The van der Waals surface area contributed by atoms with Gasteiger partial charge in [-0.05, 0) is 55.3 Å². The summed E-state index contributed by atoms with van der Waals surface area (Å²) in [5, 5.41) is 0. The minimum atomic E-state index is -0.406. The Morgan fingerprint density at radius 3 is 2.38 bits per heavy atom. The smallest absolute Gasteiger partial charge is 0.255 e. The molecule has 0 unspecified atom stereocenters. The molecular formula is C22H23FN2O3S. The van der Waals surface area contributed by atoms with Crippen LogP contribution >= 0.6 is 11.8 Å². The maximum absolute atomic E-state index is 13.6. The molecule has 2 aliphatic rings. The van der Waals surface area contributed by atoms with Crippen LogP contribution < -0.4 is 4.74 Å². The van der Waals surface area contributed by atoms with Crippen molar-refractivity contribution in [3.63, 3.8) is 0 Å². The van der Waals surface area contributed by atoms with Crippen molar-refractivity contribution in [1.29, 1.82) is 0 Å². The van der Waals surface area contributed by atoms with Crippen LogP contribution in [0.2, 0.25) is 0 Å². The van der Waals surface area contributed by atoms with Gasteiger partial charge in [-0.3, -0.25) is 9.59 Å². The van der Waals surface area contributed by atoms with Crippen LogP contribution in [0.1, 0.15) is 33.6 Å². The minimum absolute atomic E-state index is 0.00601. The van der Waals surface area contributed by atoms with Crippen molar-refractivity contribution in [3.05, 3.63) is 65.5 Å². The van der Waals surface area contributed by atoms with Gasteiger partial charge in [0.25, 0.3) is 11.8 Å². The second-order valence-corrected chi connectivity index (χ2v) is 8.74. The molecule has 4 rings (SSSR count). The Morgan fingerprint density at radius 1 is 1.00 bits per heavy atom. The van der Waals surface area contributed by atoms with Crippen molar-refractivity contribution in [3.8, 4) is 5.75 Å². The van der Waals surface area contributed by atoms with Crippen LogP contribution in [-0.2, 0) is 0 Å². The van der Waals surface area contributed by atoms with Crippen molar-refractivity contribution >= 4 is 23.6 Å². The van der Waals surface area contributed by atoms with E-state index in [1.54, 1.807) is 55.3 Å². The highest BCUT2D eigenvalue weighted by Gasteiger charge is 2.47. The van der Waals surface area contributed by atoms with E-state index in [0.717, 1.165) is 5.75 Å². The summed E-state index contributed by atoms with van der Waals surface area (Å²) >= 11 is 1.77. The zero-order valence-corrected chi connectivity index (χ0v) is 17.1. The Labute approximate surface area is 173 Å². The molecule has 0 aromatic heterocycles. The Kier molecular flexibility index (Phi) is 5.50. The van der Waals surface area contributed by atoms with Crippen LogP contribution in [0.3, 0.4) is 0 Å². The number of amides is 2. The topological polar surface area (TPSA) is 49.9 Å². The number of hydrogen-bond acceptors (Lipinski definition) is 4. The van der Waals surface area contributed by atoms with Gasteiger partial charge in [-0.1, -0.05) is 6.07 Å². The molecule has 2 amide bonds. The third-order valence-corrected chi connectivity index (χ3v) is 7.22. The van der Waals surface area contributed by atoms with Gasteiger partial charge in [0.15, 0.2) is 0 Å². The first-order chi connectivity index (χ1) is 14.0. The van der Waals surface area contributed by atoms with Crippen LogP contribution in [-0.4, -0.2) is 59.0 Å². The molecule has 152 valence electrons. The third-order valence-electron chi connectivity index (χ3n) is 5.66. The third kappa shape index (κ3) is 3.83. The van der Waals surface area contributed by atoms with Crippen molar-refractivity contribution in [2.45, 2.75) is 17.7 Å². The van der Waals surface area contributed by atoms with Crippen LogP contribution in [0.15, 0.2) is 48.5 Å². The summed E-state index contributed by atoms with van der Waals surface area (Å²) in [4.78, 5) is 29.3. The molecule has 0 saturated carbocycles. The molecule has 0 bridgehead atoms. The summed E-state index contributed by atoms with van der Waals surface area (Å²) in [6.07, 6.45) is 1.42. The number of hydrogen-bond donors (Lipinski definition) is 0. The lowest BCUT2D eigenvalue weighted by Gasteiger charge is -2.44. The summed E-state index contributed by atoms with van der Waals surface area (Å²) in [5.41, 5.74) is 1.01. The minimum Gasteiger partial charge on any atom is -0.497 e. The number of methoxy groups -OCH3 is 1. The number of piperidine rings is 1. The van der Waals surface area contributed by atoms with Crippen LogP contribution in [0.25, 0.3) is 0 Å². The molecular weight excluding hydrogens is 391 g/mol. The molecule has 0 aliphatic carbocycles. The average Bonchev–Trinajstić information content (AvgIpc) is 3.16. The maximum atomic E-state index is 13.6. The predicted molar refractivity (Wildman–Crippen MR) is 111 cm³/mol. The number of halogens is 1. The quantitative estimate of drug-likeness (QED) is 0.769. The summed E-state index contributed by atoms with van der Waals surface area (Å²) in [6.45, 7) is 1.82. The molecule has 7 heteroatoms. The zero-order valence-electron chi connectivity index (χ0n) is 16.3. The fourth-order valence-electron chi connectivity index (χ4n) is 4.06. The summed E-state index contributed by atoms with van der Waals surface area (Å²) in [5.74, 6) is 1.02. The first-order valence-corrected chi connectivity index (χ1v) is 10.7. The van der Waals surface area contributed by atoms with Gasteiger partial charge in [0.05, 0.1) is 12.0 Å². The van der Waals surface area contributed by atoms with E-state index in [2.05, 4.69) is 0 Å². The standard InChI is InChI=1S/C22H23FN2O3S/c1-28-19-7-5-16(6-8-19)20(26)24-11-9-22(10-12-24)25(13-14-29-22)21(27)17-3-2-4-18(23)15-17/h2-8,15H,9-14H2,1H3. The molecule has 2 aromatic rings. The highest BCUT2D eigenvalue weighted by atomic mass is 32.2. The Bertz CT molecular complexity index is 911. The van der Waals surface area contributed by atoms with Crippen molar-refractivity contribution in [2.24, 2.45) is 0 Å². The molecule has 29 heavy (non-hydrogen) atoms. The SMILES string of the molecule is COc1ccc(C(=O)N2CCC3(CC2)SCCN3C(=O)c2cccc(F)c2)cc1. The van der Waals surface area contributed by atoms with E-state index in [1.807, 2.05) is 9.80 Å². The Hall–Kier alpha value is -2.54. The van der Waals surface area contributed by atoms with Crippen molar-refractivity contribution in [1.82, 2.24) is 9.80 Å². The van der Waals surface area contributed by atoms with Gasteiger partial charge < -0.3 is 14.5 Å². The molecule has 0 radical (unpaired) electrons. The van der Waals surface area contributed by atoms with E-state index in [9.17, 15) is 14.0 Å². The number of carbonyl (C=O) groups is 2. The van der Waals surface area contributed by atoms with Gasteiger partial charge >= 0.3 is 0 Å². The van der Waals surface area contributed by atoms with Gasteiger partial charge in [0.1, 0.15) is 11.6 Å². The van der Waals surface area contributed by atoms with Crippen molar-refractivity contribution in [2.75, 3.05) is 32.5 Å². The molecule has 2 fully saturated rings. The maximum Gasteiger partial charge on any atom is 0.255 e. The van der Waals surface area contributed by atoms with E-state index in [4.69, 9.17) is 4.74 Å². The van der Waals surface area contributed by atoms with Crippen LogP contribution in [0.4, 0.5) is 4.39 Å². The lowest BCUT2D eigenvalue weighted by atomic mass is 10.00. The molecule has 2 heterocycles. The number of thioether (sulfide) groups is 1. The second-order valence-electron chi connectivity index (χ2n) is 7.28. The van der Waals surface area contributed by atoms with Crippen LogP contribution in [0, 0.1) is 5.82 Å². The van der Waals surface area contributed by atoms with Crippen molar-refractivity contribution < 1.29 is 18.7 Å². The van der Waals surface area contributed by atoms with E-state index in [-0.39, 0.29) is 16.7 Å². The predicted octanol–water partition coefficient (Wildman–Crippen LogP) is 3.66. The summed E-state index contributed by atoms with van der Waals surface area (Å²) in [6, 6.07) is 13.0. The second kappa shape index (κ2) is 8.06. The molecule has 0 N–H and O–H groups in total. The molecule has 2 aliphatic heterocycles.